The maximum absolute atomic E-state index is 6.26. The SMILES string of the molecule is CCCNC1CCCC(Oc2ccc3[nH]ncc3c2OC)C1. The third-order valence-electron chi connectivity index (χ3n) is 4.35. The van der Waals surface area contributed by atoms with Crippen LogP contribution in [0.1, 0.15) is 39.0 Å². The summed E-state index contributed by atoms with van der Waals surface area (Å²) in [6.45, 7) is 3.29. The summed E-state index contributed by atoms with van der Waals surface area (Å²) in [7, 11) is 1.68. The first-order valence-corrected chi connectivity index (χ1v) is 8.22. The zero-order chi connectivity index (χ0) is 15.4. The van der Waals surface area contributed by atoms with E-state index in [9.17, 15) is 0 Å². The molecule has 1 saturated carbocycles. The van der Waals surface area contributed by atoms with Gasteiger partial charge in [-0.25, -0.2) is 0 Å². The molecule has 1 heterocycles. The van der Waals surface area contributed by atoms with Crippen LogP contribution in [-0.2, 0) is 0 Å². The van der Waals surface area contributed by atoms with Gasteiger partial charge < -0.3 is 14.8 Å². The molecule has 0 aliphatic heterocycles. The van der Waals surface area contributed by atoms with E-state index >= 15 is 0 Å². The topological polar surface area (TPSA) is 59.2 Å². The highest BCUT2D eigenvalue weighted by Crippen LogP contribution is 2.36. The van der Waals surface area contributed by atoms with E-state index in [1.165, 1.54) is 19.3 Å². The summed E-state index contributed by atoms with van der Waals surface area (Å²) in [5.41, 5.74) is 0.968. The molecule has 1 fully saturated rings. The second kappa shape index (κ2) is 7.01. The second-order valence-corrected chi connectivity index (χ2v) is 5.99. The molecule has 1 aliphatic rings. The molecule has 0 bridgehead atoms. The van der Waals surface area contributed by atoms with Gasteiger partial charge in [0.15, 0.2) is 11.5 Å². The molecule has 3 rings (SSSR count). The van der Waals surface area contributed by atoms with E-state index in [0.717, 1.165) is 41.8 Å². The first-order valence-electron chi connectivity index (χ1n) is 8.22. The van der Waals surface area contributed by atoms with Crippen LogP contribution in [0.5, 0.6) is 11.5 Å². The number of fused-ring (bicyclic) bond motifs is 1. The molecular weight excluding hydrogens is 278 g/mol. The summed E-state index contributed by atoms with van der Waals surface area (Å²) in [6, 6.07) is 4.54. The number of aromatic nitrogens is 2. The Morgan fingerprint density at radius 1 is 1.36 bits per heavy atom. The minimum absolute atomic E-state index is 0.251. The minimum Gasteiger partial charge on any atom is -0.492 e. The predicted octanol–water partition coefficient (Wildman–Crippen LogP) is 3.26. The van der Waals surface area contributed by atoms with Crippen molar-refractivity contribution in [3.05, 3.63) is 18.3 Å². The Labute approximate surface area is 131 Å². The quantitative estimate of drug-likeness (QED) is 0.860. The number of methoxy groups -OCH3 is 1. The molecule has 0 saturated heterocycles. The van der Waals surface area contributed by atoms with E-state index in [1.54, 1.807) is 13.3 Å². The van der Waals surface area contributed by atoms with Gasteiger partial charge in [0.2, 0.25) is 0 Å². The van der Waals surface area contributed by atoms with Gasteiger partial charge in [-0.1, -0.05) is 6.92 Å². The fourth-order valence-electron chi connectivity index (χ4n) is 3.24. The van der Waals surface area contributed by atoms with Gasteiger partial charge in [-0.3, -0.25) is 5.10 Å². The van der Waals surface area contributed by atoms with Crippen LogP contribution < -0.4 is 14.8 Å². The van der Waals surface area contributed by atoms with Crippen LogP contribution in [0.4, 0.5) is 0 Å². The van der Waals surface area contributed by atoms with Crippen molar-refractivity contribution in [1.29, 1.82) is 0 Å². The maximum Gasteiger partial charge on any atom is 0.171 e. The Balaban J connectivity index is 1.72. The third-order valence-corrected chi connectivity index (χ3v) is 4.35. The molecule has 5 nitrogen and oxygen atoms in total. The number of benzene rings is 1. The summed E-state index contributed by atoms with van der Waals surface area (Å²) < 4.78 is 11.8. The van der Waals surface area contributed by atoms with Crippen molar-refractivity contribution in [2.24, 2.45) is 0 Å². The van der Waals surface area contributed by atoms with Crippen molar-refractivity contribution in [3.8, 4) is 11.5 Å². The van der Waals surface area contributed by atoms with Crippen LogP contribution in [0.3, 0.4) is 0 Å². The lowest BCUT2D eigenvalue weighted by Crippen LogP contribution is -2.38. The van der Waals surface area contributed by atoms with Crippen molar-refractivity contribution in [2.45, 2.75) is 51.2 Å². The van der Waals surface area contributed by atoms with Gasteiger partial charge >= 0.3 is 0 Å². The van der Waals surface area contributed by atoms with Crippen LogP contribution in [0.15, 0.2) is 18.3 Å². The predicted molar refractivity (Wildman–Crippen MR) is 87.6 cm³/mol. The summed E-state index contributed by atoms with van der Waals surface area (Å²) in [5.74, 6) is 1.59. The molecule has 120 valence electrons. The van der Waals surface area contributed by atoms with Gasteiger partial charge in [-0.15, -0.1) is 0 Å². The number of aromatic amines is 1. The lowest BCUT2D eigenvalue weighted by molar-refractivity contribution is 0.131. The molecule has 22 heavy (non-hydrogen) atoms. The van der Waals surface area contributed by atoms with Crippen molar-refractivity contribution < 1.29 is 9.47 Å². The fourth-order valence-corrected chi connectivity index (χ4v) is 3.24. The largest absolute Gasteiger partial charge is 0.492 e. The van der Waals surface area contributed by atoms with E-state index in [1.807, 2.05) is 12.1 Å². The number of ether oxygens (including phenoxy) is 2. The highest BCUT2D eigenvalue weighted by molar-refractivity contribution is 5.87. The highest BCUT2D eigenvalue weighted by Gasteiger charge is 2.24. The average Bonchev–Trinajstić information content (AvgIpc) is 3.02. The zero-order valence-electron chi connectivity index (χ0n) is 13.4. The molecule has 2 atom stereocenters. The Morgan fingerprint density at radius 2 is 2.27 bits per heavy atom. The number of rotatable bonds is 6. The highest BCUT2D eigenvalue weighted by atomic mass is 16.5. The Kier molecular flexibility index (Phi) is 4.83. The van der Waals surface area contributed by atoms with Crippen molar-refractivity contribution >= 4 is 10.9 Å². The van der Waals surface area contributed by atoms with E-state index in [4.69, 9.17) is 9.47 Å². The maximum atomic E-state index is 6.26. The Bertz CT molecular complexity index is 611. The van der Waals surface area contributed by atoms with Gasteiger partial charge in [0.05, 0.1) is 24.2 Å². The minimum atomic E-state index is 0.251. The summed E-state index contributed by atoms with van der Waals surface area (Å²) in [4.78, 5) is 0. The Hall–Kier alpha value is -1.75. The van der Waals surface area contributed by atoms with Gasteiger partial charge in [0.25, 0.3) is 0 Å². The first-order chi connectivity index (χ1) is 10.8. The van der Waals surface area contributed by atoms with Gasteiger partial charge in [-0.05, 0) is 50.8 Å². The standard InChI is InChI=1S/C17H25N3O2/c1-3-9-18-12-5-4-6-13(10-12)22-16-8-7-15-14(11-19-20-15)17(16)21-2/h7-8,11-13,18H,3-6,9-10H2,1-2H3,(H,19,20). The first kappa shape index (κ1) is 15.2. The molecule has 1 aliphatic carbocycles. The molecule has 1 aromatic heterocycles. The number of H-pyrrole nitrogens is 1. The van der Waals surface area contributed by atoms with Gasteiger partial charge in [-0.2, -0.15) is 5.10 Å². The lowest BCUT2D eigenvalue weighted by atomic mass is 9.92. The van der Waals surface area contributed by atoms with Gasteiger partial charge in [0, 0.05) is 6.04 Å². The van der Waals surface area contributed by atoms with Crippen LogP contribution in [0, 0.1) is 0 Å². The van der Waals surface area contributed by atoms with E-state index in [0.29, 0.717) is 6.04 Å². The number of nitrogens with zero attached hydrogens (tertiary/aromatic N) is 1. The molecule has 2 aromatic rings. The number of hydrogen-bond donors (Lipinski definition) is 2. The zero-order valence-corrected chi connectivity index (χ0v) is 13.4. The molecule has 0 radical (unpaired) electrons. The van der Waals surface area contributed by atoms with Crippen LogP contribution >= 0.6 is 0 Å². The van der Waals surface area contributed by atoms with E-state index < -0.39 is 0 Å². The van der Waals surface area contributed by atoms with E-state index in [-0.39, 0.29) is 6.10 Å². The molecule has 0 amide bonds. The summed E-state index contributed by atoms with van der Waals surface area (Å²) in [5, 5.41) is 11.6. The molecule has 0 spiro atoms. The summed E-state index contributed by atoms with van der Waals surface area (Å²) in [6.07, 6.45) is 7.84. The summed E-state index contributed by atoms with van der Waals surface area (Å²) >= 11 is 0. The molecule has 5 heteroatoms. The van der Waals surface area contributed by atoms with E-state index in [2.05, 4.69) is 22.4 Å². The van der Waals surface area contributed by atoms with Crippen LogP contribution in [-0.4, -0.2) is 36.0 Å². The van der Waals surface area contributed by atoms with Crippen molar-refractivity contribution in [3.63, 3.8) is 0 Å². The van der Waals surface area contributed by atoms with Crippen LogP contribution in [0.25, 0.3) is 10.9 Å². The number of hydrogen-bond acceptors (Lipinski definition) is 4. The monoisotopic (exact) mass is 303 g/mol. The smallest absolute Gasteiger partial charge is 0.171 e. The van der Waals surface area contributed by atoms with Crippen LogP contribution in [0.2, 0.25) is 0 Å². The van der Waals surface area contributed by atoms with Crippen molar-refractivity contribution in [1.82, 2.24) is 15.5 Å². The van der Waals surface area contributed by atoms with Gasteiger partial charge in [0.1, 0.15) is 6.10 Å². The molecule has 2 N–H and O–H groups in total. The number of nitrogens with one attached hydrogen (secondary N) is 2. The second-order valence-electron chi connectivity index (χ2n) is 5.99. The third kappa shape index (κ3) is 3.19. The molecular formula is C17H25N3O2. The normalized spacial score (nSPS) is 21.9. The van der Waals surface area contributed by atoms with Crippen molar-refractivity contribution in [2.75, 3.05) is 13.7 Å². The Morgan fingerprint density at radius 3 is 3.09 bits per heavy atom. The fraction of sp³-hybridized carbons (Fsp3) is 0.588. The lowest BCUT2D eigenvalue weighted by Gasteiger charge is -2.30. The molecule has 1 aromatic carbocycles. The average molecular weight is 303 g/mol. The molecule has 2 unspecified atom stereocenters.